The number of aliphatic hydroxyl groups is 1. The molecule has 2 fully saturated rings. The first-order valence-corrected chi connectivity index (χ1v) is 7.79. The van der Waals surface area contributed by atoms with Crippen LogP contribution in [0.15, 0.2) is 11.1 Å². The third-order valence-corrected chi connectivity index (χ3v) is 6.74. The summed E-state index contributed by atoms with van der Waals surface area (Å²) in [6.45, 7) is 7.11. The van der Waals surface area contributed by atoms with E-state index in [0.29, 0.717) is 11.7 Å². The van der Waals surface area contributed by atoms with Gasteiger partial charge in [-0.15, -0.1) is 0 Å². The predicted molar refractivity (Wildman–Crippen MR) is 75.7 cm³/mol. The summed E-state index contributed by atoms with van der Waals surface area (Å²) in [6.07, 6.45) is 6.41. The van der Waals surface area contributed by atoms with Gasteiger partial charge < -0.3 is 5.11 Å². The minimum absolute atomic E-state index is 0.131. The largest absolute Gasteiger partial charge is 0.396 e. The summed E-state index contributed by atoms with van der Waals surface area (Å²) in [5.41, 5.74) is 2.96. The molecule has 0 unspecified atom stereocenters. The molecule has 3 aliphatic rings. The van der Waals surface area contributed by atoms with E-state index in [1.54, 1.807) is 0 Å². The predicted octanol–water partition coefficient (Wildman–Crippen LogP) is 3.49. The summed E-state index contributed by atoms with van der Waals surface area (Å²) in [6, 6.07) is 0. The lowest BCUT2D eigenvalue weighted by Crippen LogP contribution is -2.46. The molecule has 0 aromatic heterocycles. The van der Waals surface area contributed by atoms with Crippen LogP contribution < -0.4 is 0 Å². The Labute approximate surface area is 116 Å². The van der Waals surface area contributed by atoms with Gasteiger partial charge in [-0.1, -0.05) is 19.4 Å². The molecule has 0 aromatic carbocycles. The van der Waals surface area contributed by atoms with Crippen LogP contribution in [0.2, 0.25) is 0 Å². The van der Waals surface area contributed by atoms with Gasteiger partial charge in [0.25, 0.3) is 0 Å². The van der Waals surface area contributed by atoms with Gasteiger partial charge in [-0.25, -0.2) is 0 Å². The van der Waals surface area contributed by atoms with E-state index in [4.69, 9.17) is 5.11 Å². The van der Waals surface area contributed by atoms with E-state index in [0.717, 1.165) is 37.2 Å². The fourth-order valence-electron chi connectivity index (χ4n) is 5.57. The molecule has 0 amide bonds. The van der Waals surface area contributed by atoms with E-state index >= 15 is 0 Å². The molecule has 0 saturated heterocycles. The Morgan fingerprint density at radius 1 is 1.32 bits per heavy atom. The van der Waals surface area contributed by atoms with Gasteiger partial charge in [-0.2, -0.15) is 0 Å². The summed E-state index contributed by atoms with van der Waals surface area (Å²) in [7, 11) is 0. The molecule has 3 atom stereocenters. The van der Waals surface area contributed by atoms with Gasteiger partial charge in [-0.3, -0.25) is 4.79 Å². The Morgan fingerprint density at radius 3 is 2.74 bits per heavy atom. The van der Waals surface area contributed by atoms with Crippen LogP contribution in [0.3, 0.4) is 0 Å². The van der Waals surface area contributed by atoms with Crippen LogP contribution in [0.1, 0.15) is 59.3 Å². The quantitative estimate of drug-likeness (QED) is 0.845. The SMILES string of the molecule is CC1=C2C[C@H]3CC[C@@H](CCCO)[C@]2(CC1=O)C3(C)C. The first-order valence-electron chi connectivity index (χ1n) is 7.79. The fourth-order valence-corrected chi connectivity index (χ4v) is 5.57. The lowest BCUT2D eigenvalue weighted by molar-refractivity contribution is -0.120. The van der Waals surface area contributed by atoms with Crippen LogP contribution in [0.25, 0.3) is 0 Å². The van der Waals surface area contributed by atoms with Crippen LogP contribution in [-0.2, 0) is 4.79 Å². The number of hydrogen-bond donors (Lipinski definition) is 1. The average Bonchev–Trinajstić information content (AvgIpc) is 2.65. The zero-order valence-corrected chi connectivity index (χ0v) is 12.5. The molecule has 0 heterocycles. The van der Waals surface area contributed by atoms with E-state index in [1.807, 2.05) is 6.92 Å². The molecule has 2 saturated carbocycles. The third-order valence-electron chi connectivity index (χ3n) is 6.74. The molecule has 3 rings (SSSR count). The van der Waals surface area contributed by atoms with Gasteiger partial charge in [0.2, 0.25) is 0 Å². The van der Waals surface area contributed by atoms with Crippen molar-refractivity contribution in [3.63, 3.8) is 0 Å². The number of aliphatic hydroxyl groups excluding tert-OH is 1. The molecule has 1 spiro atoms. The number of hydrogen-bond acceptors (Lipinski definition) is 2. The molecular formula is C17H26O2. The highest BCUT2D eigenvalue weighted by Crippen LogP contribution is 2.72. The van der Waals surface area contributed by atoms with Gasteiger partial charge in [0.05, 0.1) is 0 Å². The van der Waals surface area contributed by atoms with Crippen molar-refractivity contribution in [1.29, 1.82) is 0 Å². The second kappa shape index (κ2) is 4.18. The van der Waals surface area contributed by atoms with Crippen LogP contribution in [0, 0.1) is 22.7 Å². The van der Waals surface area contributed by atoms with Crippen molar-refractivity contribution >= 4 is 5.78 Å². The summed E-state index contributed by atoms with van der Waals surface area (Å²) in [5, 5.41) is 9.16. The Balaban J connectivity index is 2.06. The monoisotopic (exact) mass is 262 g/mol. The number of Topliss-reactive ketones (excluding diaryl/α,β-unsaturated/α-hetero) is 1. The molecule has 2 heteroatoms. The van der Waals surface area contributed by atoms with E-state index in [2.05, 4.69) is 13.8 Å². The van der Waals surface area contributed by atoms with E-state index in [9.17, 15) is 4.79 Å². The molecule has 3 aliphatic carbocycles. The maximum atomic E-state index is 12.3. The Morgan fingerprint density at radius 2 is 2.05 bits per heavy atom. The molecule has 106 valence electrons. The summed E-state index contributed by atoms with van der Waals surface area (Å²) < 4.78 is 0. The summed E-state index contributed by atoms with van der Waals surface area (Å²) in [4.78, 5) is 12.3. The van der Waals surface area contributed by atoms with Crippen LogP contribution >= 0.6 is 0 Å². The van der Waals surface area contributed by atoms with Gasteiger partial charge in [0, 0.05) is 18.4 Å². The smallest absolute Gasteiger partial charge is 0.159 e. The van der Waals surface area contributed by atoms with Gasteiger partial charge in [0.1, 0.15) is 0 Å². The topological polar surface area (TPSA) is 37.3 Å². The second-order valence-corrected chi connectivity index (χ2v) is 7.44. The van der Waals surface area contributed by atoms with Crippen molar-refractivity contribution in [1.82, 2.24) is 0 Å². The average molecular weight is 262 g/mol. The Kier molecular flexibility index (Phi) is 2.94. The van der Waals surface area contributed by atoms with Crippen molar-refractivity contribution in [3.8, 4) is 0 Å². The van der Waals surface area contributed by atoms with Gasteiger partial charge >= 0.3 is 0 Å². The standard InChI is InChI=1S/C17H26O2/c1-11-14-9-13-7-6-12(5-4-8-18)17(14,10-15(11)19)16(13,2)3/h12-13,18H,4-10H2,1-3H3/t12-,13-,17+/m1/s1. The summed E-state index contributed by atoms with van der Waals surface area (Å²) in [5.74, 6) is 1.75. The van der Waals surface area contributed by atoms with E-state index in [1.165, 1.54) is 18.4 Å². The maximum absolute atomic E-state index is 12.3. The fraction of sp³-hybridized carbons (Fsp3) is 0.824. The second-order valence-electron chi connectivity index (χ2n) is 7.44. The Bertz CT molecular complexity index is 446. The number of fused-ring (bicyclic) bond motifs is 1. The molecule has 19 heavy (non-hydrogen) atoms. The van der Waals surface area contributed by atoms with Crippen molar-refractivity contribution in [2.24, 2.45) is 22.7 Å². The molecule has 0 aliphatic heterocycles. The number of ketones is 1. The molecule has 1 N–H and O–H groups in total. The van der Waals surface area contributed by atoms with Crippen molar-refractivity contribution in [2.75, 3.05) is 6.61 Å². The minimum Gasteiger partial charge on any atom is -0.396 e. The first-order chi connectivity index (χ1) is 8.95. The summed E-state index contributed by atoms with van der Waals surface area (Å²) >= 11 is 0. The molecule has 2 nitrogen and oxygen atoms in total. The number of rotatable bonds is 3. The third kappa shape index (κ3) is 1.50. The van der Waals surface area contributed by atoms with Crippen LogP contribution in [0.5, 0.6) is 0 Å². The van der Waals surface area contributed by atoms with Crippen molar-refractivity contribution < 1.29 is 9.90 Å². The van der Waals surface area contributed by atoms with Gasteiger partial charge in [0.15, 0.2) is 5.78 Å². The van der Waals surface area contributed by atoms with Gasteiger partial charge in [-0.05, 0) is 61.9 Å². The first kappa shape index (κ1) is 13.4. The lowest BCUT2D eigenvalue weighted by atomic mass is 9.51. The zero-order valence-electron chi connectivity index (χ0n) is 12.5. The molecular weight excluding hydrogens is 236 g/mol. The maximum Gasteiger partial charge on any atom is 0.159 e. The zero-order chi connectivity index (χ0) is 13.8. The highest BCUT2D eigenvalue weighted by Gasteiger charge is 2.65. The van der Waals surface area contributed by atoms with Crippen LogP contribution in [0.4, 0.5) is 0 Å². The van der Waals surface area contributed by atoms with E-state index < -0.39 is 0 Å². The molecule has 2 bridgehead atoms. The normalized spacial score (nSPS) is 39.9. The minimum atomic E-state index is 0.131. The van der Waals surface area contributed by atoms with E-state index in [-0.39, 0.29) is 17.4 Å². The number of carbonyl (C=O) groups is 1. The van der Waals surface area contributed by atoms with Crippen molar-refractivity contribution in [2.45, 2.75) is 59.3 Å². The number of carbonyl (C=O) groups excluding carboxylic acids is 1. The van der Waals surface area contributed by atoms with Crippen LogP contribution in [-0.4, -0.2) is 17.5 Å². The van der Waals surface area contributed by atoms with Crippen molar-refractivity contribution in [3.05, 3.63) is 11.1 Å². The molecule has 0 aromatic rings. The Hall–Kier alpha value is -0.630. The highest BCUT2D eigenvalue weighted by molar-refractivity contribution is 6.00. The number of allylic oxidation sites excluding steroid dienone is 2. The highest BCUT2D eigenvalue weighted by atomic mass is 16.2. The molecule has 0 radical (unpaired) electrons. The lowest BCUT2D eigenvalue weighted by Gasteiger charge is -2.52.